The average Bonchev–Trinajstić information content (AvgIpc) is 3.10. The molecule has 24 heavy (non-hydrogen) atoms. The molecule has 0 spiro atoms. The monoisotopic (exact) mass is 358 g/mol. The van der Waals surface area contributed by atoms with Gasteiger partial charge in [0.15, 0.2) is 5.69 Å². The van der Waals surface area contributed by atoms with Gasteiger partial charge in [-0.1, -0.05) is 11.6 Å². The van der Waals surface area contributed by atoms with Crippen LogP contribution in [0.5, 0.6) is 0 Å². The molecule has 1 fully saturated rings. The lowest BCUT2D eigenvalue weighted by atomic mass is 10.1. The van der Waals surface area contributed by atoms with E-state index in [1.807, 2.05) is 0 Å². The Hall–Kier alpha value is -1.98. The molecule has 0 saturated carbocycles. The standard InChI is InChI=1S/C15H14ClF3N4O/c1-7-10(16)11-12(21-7)13(23-3-2-8(5-23)6-24)9(4-20)14(22-11)15(17,18)19/h8,21,24H,2-3,5-6H2,1H3/t8-/m0/s1. The predicted molar refractivity (Wildman–Crippen MR) is 83.0 cm³/mol. The normalized spacial score (nSPS) is 18.4. The van der Waals surface area contributed by atoms with E-state index < -0.39 is 17.4 Å². The molecular weight excluding hydrogens is 345 g/mol. The lowest BCUT2D eigenvalue weighted by Crippen LogP contribution is -2.24. The summed E-state index contributed by atoms with van der Waals surface area (Å²) in [6.45, 7) is 2.40. The van der Waals surface area contributed by atoms with Crippen molar-refractivity contribution in [3.05, 3.63) is 22.0 Å². The number of aliphatic hydroxyl groups is 1. The second-order valence-electron chi connectivity index (χ2n) is 5.86. The summed E-state index contributed by atoms with van der Waals surface area (Å²) in [7, 11) is 0. The maximum atomic E-state index is 13.4. The maximum Gasteiger partial charge on any atom is 0.434 e. The van der Waals surface area contributed by atoms with Gasteiger partial charge in [-0.2, -0.15) is 18.4 Å². The first-order valence-electron chi connectivity index (χ1n) is 7.32. The Balaban J connectivity index is 2.32. The van der Waals surface area contributed by atoms with Gasteiger partial charge in [0.2, 0.25) is 0 Å². The Labute approximate surface area is 140 Å². The molecule has 0 aliphatic carbocycles. The smallest absolute Gasteiger partial charge is 0.396 e. The number of aromatic nitrogens is 2. The number of hydrogen-bond acceptors (Lipinski definition) is 4. The van der Waals surface area contributed by atoms with Crippen molar-refractivity contribution in [1.29, 1.82) is 5.26 Å². The van der Waals surface area contributed by atoms with Crippen molar-refractivity contribution in [1.82, 2.24) is 9.97 Å². The van der Waals surface area contributed by atoms with Gasteiger partial charge >= 0.3 is 6.18 Å². The number of aryl methyl sites for hydroxylation is 1. The average molecular weight is 359 g/mol. The van der Waals surface area contributed by atoms with Crippen LogP contribution in [0.2, 0.25) is 5.02 Å². The molecule has 0 aromatic carbocycles. The third kappa shape index (κ3) is 2.58. The van der Waals surface area contributed by atoms with E-state index in [0.717, 1.165) is 0 Å². The molecule has 5 nitrogen and oxygen atoms in total. The van der Waals surface area contributed by atoms with E-state index in [0.29, 0.717) is 30.7 Å². The van der Waals surface area contributed by atoms with E-state index in [-0.39, 0.29) is 28.8 Å². The van der Waals surface area contributed by atoms with Crippen molar-refractivity contribution in [3.8, 4) is 6.07 Å². The fourth-order valence-corrected chi connectivity index (χ4v) is 3.27. The molecule has 3 heterocycles. The molecule has 128 valence electrons. The van der Waals surface area contributed by atoms with Crippen LogP contribution in [0.3, 0.4) is 0 Å². The van der Waals surface area contributed by atoms with Crippen LogP contribution in [-0.4, -0.2) is 34.8 Å². The Kier molecular flexibility index (Phi) is 4.10. The zero-order valence-electron chi connectivity index (χ0n) is 12.7. The number of rotatable bonds is 2. The number of hydrogen-bond donors (Lipinski definition) is 2. The number of nitrogens with one attached hydrogen (secondary N) is 1. The Morgan fingerprint density at radius 1 is 1.50 bits per heavy atom. The predicted octanol–water partition coefficient (Wildman–Crippen LogP) is 3.23. The number of alkyl halides is 3. The minimum Gasteiger partial charge on any atom is -0.396 e. The fourth-order valence-electron chi connectivity index (χ4n) is 3.08. The molecule has 0 amide bonds. The first-order valence-corrected chi connectivity index (χ1v) is 7.70. The molecule has 2 aromatic rings. The summed E-state index contributed by atoms with van der Waals surface area (Å²) in [6.07, 6.45) is -4.13. The van der Waals surface area contributed by atoms with Crippen LogP contribution in [0.1, 0.15) is 23.4 Å². The molecule has 1 atom stereocenters. The third-order valence-electron chi connectivity index (χ3n) is 4.26. The van der Waals surface area contributed by atoms with Gasteiger partial charge < -0.3 is 15.0 Å². The number of pyridine rings is 1. The molecule has 0 bridgehead atoms. The van der Waals surface area contributed by atoms with Crippen LogP contribution in [0.4, 0.5) is 18.9 Å². The third-order valence-corrected chi connectivity index (χ3v) is 4.72. The van der Waals surface area contributed by atoms with Crippen LogP contribution >= 0.6 is 11.6 Å². The summed E-state index contributed by atoms with van der Waals surface area (Å²) in [6, 6.07) is 1.65. The molecule has 0 radical (unpaired) electrons. The van der Waals surface area contributed by atoms with Crippen molar-refractivity contribution in [3.63, 3.8) is 0 Å². The van der Waals surface area contributed by atoms with E-state index in [1.54, 1.807) is 17.9 Å². The number of aliphatic hydroxyl groups excluding tert-OH is 1. The Bertz CT molecular complexity index is 840. The van der Waals surface area contributed by atoms with E-state index in [9.17, 15) is 23.5 Å². The van der Waals surface area contributed by atoms with Crippen LogP contribution in [-0.2, 0) is 6.18 Å². The van der Waals surface area contributed by atoms with Gasteiger partial charge in [0.25, 0.3) is 0 Å². The number of nitriles is 1. The first kappa shape index (κ1) is 16.9. The van der Waals surface area contributed by atoms with Crippen molar-refractivity contribution >= 4 is 28.3 Å². The number of H-pyrrole nitrogens is 1. The second kappa shape index (κ2) is 5.83. The molecule has 2 aromatic heterocycles. The van der Waals surface area contributed by atoms with Gasteiger partial charge in [-0.15, -0.1) is 0 Å². The second-order valence-corrected chi connectivity index (χ2v) is 6.24. The van der Waals surface area contributed by atoms with Crippen molar-refractivity contribution < 1.29 is 18.3 Å². The van der Waals surface area contributed by atoms with Crippen LogP contribution in [0.15, 0.2) is 0 Å². The molecule has 0 unspecified atom stereocenters. The molecule has 1 saturated heterocycles. The van der Waals surface area contributed by atoms with E-state index in [1.165, 1.54) is 0 Å². The van der Waals surface area contributed by atoms with Crippen LogP contribution < -0.4 is 4.90 Å². The van der Waals surface area contributed by atoms with Gasteiger partial charge in [-0.05, 0) is 13.3 Å². The summed E-state index contributed by atoms with van der Waals surface area (Å²) >= 11 is 6.09. The number of aromatic amines is 1. The zero-order chi connectivity index (χ0) is 17.6. The maximum absolute atomic E-state index is 13.4. The quantitative estimate of drug-likeness (QED) is 0.864. The molecule has 2 N–H and O–H groups in total. The van der Waals surface area contributed by atoms with E-state index in [4.69, 9.17) is 11.6 Å². The number of fused-ring (bicyclic) bond motifs is 1. The molecule has 9 heteroatoms. The van der Waals surface area contributed by atoms with E-state index in [2.05, 4.69) is 9.97 Å². The van der Waals surface area contributed by atoms with Crippen molar-refractivity contribution in [2.24, 2.45) is 5.92 Å². The first-order chi connectivity index (χ1) is 11.3. The summed E-state index contributed by atoms with van der Waals surface area (Å²) in [5, 5.41) is 18.8. The largest absolute Gasteiger partial charge is 0.434 e. The highest BCUT2D eigenvalue weighted by molar-refractivity contribution is 6.36. The van der Waals surface area contributed by atoms with Crippen LogP contribution in [0, 0.1) is 24.2 Å². The molecule has 1 aliphatic rings. The van der Waals surface area contributed by atoms with Crippen LogP contribution in [0.25, 0.3) is 11.0 Å². The fraction of sp³-hybridized carbons (Fsp3) is 0.467. The molecule has 1 aliphatic heterocycles. The summed E-state index contributed by atoms with van der Waals surface area (Å²) < 4.78 is 40.2. The van der Waals surface area contributed by atoms with Gasteiger partial charge in [0, 0.05) is 31.3 Å². The number of anilines is 1. The topological polar surface area (TPSA) is 75.9 Å². The van der Waals surface area contributed by atoms with Gasteiger partial charge in [-0.3, -0.25) is 0 Å². The number of halogens is 4. The highest BCUT2D eigenvalue weighted by atomic mass is 35.5. The minimum absolute atomic E-state index is 0.00272. The highest BCUT2D eigenvalue weighted by Gasteiger charge is 2.40. The molecule has 3 rings (SSSR count). The summed E-state index contributed by atoms with van der Waals surface area (Å²) in [4.78, 5) is 8.25. The van der Waals surface area contributed by atoms with Crippen molar-refractivity contribution in [2.45, 2.75) is 19.5 Å². The number of nitrogens with zero attached hydrogens (tertiary/aromatic N) is 3. The SMILES string of the molecule is Cc1[nH]c2c(N3CC[C@H](CO)C3)c(C#N)c(C(F)(F)F)nc2c1Cl. The summed E-state index contributed by atoms with van der Waals surface area (Å²) in [5.41, 5.74) is -0.793. The Morgan fingerprint density at radius 2 is 2.21 bits per heavy atom. The van der Waals surface area contributed by atoms with Gasteiger partial charge in [0.1, 0.15) is 17.1 Å². The van der Waals surface area contributed by atoms with E-state index >= 15 is 0 Å². The van der Waals surface area contributed by atoms with Crippen molar-refractivity contribution in [2.75, 3.05) is 24.6 Å². The minimum atomic E-state index is -4.77. The summed E-state index contributed by atoms with van der Waals surface area (Å²) in [5.74, 6) is -0.0411. The Morgan fingerprint density at radius 3 is 2.75 bits per heavy atom. The van der Waals surface area contributed by atoms with Gasteiger partial charge in [-0.25, -0.2) is 4.98 Å². The highest BCUT2D eigenvalue weighted by Crippen LogP contribution is 2.42. The molecular formula is C15H14ClF3N4O. The van der Waals surface area contributed by atoms with Gasteiger partial charge in [0.05, 0.1) is 16.2 Å². The zero-order valence-corrected chi connectivity index (χ0v) is 13.5. The lowest BCUT2D eigenvalue weighted by Gasteiger charge is -2.22. The lowest BCUT2D eigenvalue weighted by molar-refractivity contribution is -0.141.